The normalized spacial score (nSPS) is 25.1. The SMILES string of the molecule is C.CC(=O)O[C@@H](C)C(=O)O[C@H](C(=O)OC1=CC[C@@]2(O)[C@@H](C)N(C)CC[C@@]23c2c(C)ccc(CO)c2O[C@@H]13)c1ccccc1.O=CC(F)(F)F. The van der Waals surface area contributed by atoms with Gasteiger partial charge >= 0.3 is 24.1 Å². The average Bonchev–Trinajstić information content (AvgIpc) is 3.41. The van der Waals surface area contributed by atoms with Crippen LogP contribution in [0.25, 0.3) is 0 Å². The van der Waals surface area contributed by atoms with Crippen molar-refractivity contribution in [3.63, 3.8) is 0 Å². The fraction of sp³-hybridized carbons (Fsp3) is 0.486. The molecule has 268 valence electrons. The summed E-state index contributed by atoms with van der Waals surface area (Å²) >= 11 is 0. The molecule has 1 fully saturated rings. The van der Waals surface area contributed by atoms with Gasteiger partial charge < -0.3 is 34.1 Å². The number of fused-ring (bicyclic) bond motifs is 1. The smallest absolute Gasteiger partial charge is 0.446 e. The number of aliphatic hydroxyl groups excluding tert-OH is 1. The lowest BCUT2D eigenvalue weighted by molar-refractivity contribution is -0.179. The van der Waals surface area contributed by atoms with Gasteiger partial charge in [-0.05, 0) is 52.4 Å². The van der Waals surface area contributed by atoms with Crippen molar-refractivity contribution < 1.29 is 61.5 Å². The number of benzene rings is 2. The molecule has 0 radical (unpaired) electrons. The summed E-state index contributed by atoms with van der Waals surface area (Å²) in [6, 6.07) is 11.9. The Morgan fingerprint density at radius 1 is 1.12 bits per heavy atom. The van der Waals surface area contributed by atoms with E-state index < -0.39 is 59.7 Å². The molecule has 2 heterocycles. The summed E-state index contributed by atoms with van der Waals surface area (Å²) in [7, 11) is 1.97. The van der Waals surface area contributed by atoms with E-state index in [1.807, 2.05) is 27.0 Å². The molecular weight excluding hydrogens is 651 g/mol. The number of aliphatic hydroxyl groups is 2. The van der Waals surface area contributed by atoms with Gasteiger partial charge in [-0.3, -0.25) is 9.59 Å². The van der Waals surface area contributed by atoms with Crippen molar-refractivity contribution in [1.29, 1.82) is 0 Å². The van der Waals surface area contributed by atoms with Crippen molar-refractivity contribution >= 4 is 24.2 Å². The molecule has 5 rings (SSSR count). The first-order valence-electron chi connectivity index (χ1n) is 15.2. The predicted octanol–water partition coefficient (Wildman–Crippen LogP) is 4.39. The standard InChI is InChI=1S/C32H37NO9.C2HF3O.CH4/c1-18-11-12-23(17-34)26-25(18)31-15-16-33(5)20(3)32(31,38)14-13-24(28(31)41-26)40-30(37)27(22-9-7-6-8-10-22)42-29(36)19(2)39-21(4)35;3-2(4,5)1-6;/h6-13,19-20,27-28,34,38H,14-17H2,1-5H3;1H;1H4/t19-,20+,27-,28-,31-,32+;;/m0../s1. The van der Waals surface area contributed by atoms with Gasteiger partial charge in [0.1, 0.15) is 11.5 Å². The zero-order chi connectivity index (χ0) is 35.6. The molecule has 1 aliphatic carbocycles. The third-order valence-corrected chi connectivity index (χ3v) is 9.18. The first-order valence-corrected chi connectivity index (χ1v) is 15.2. The van der Waals surface area contributed by atoms with Crippen molar-refractivity contribution in [3.8, 4) is 5.75 Å². The molecule has 2 aromatic rings. The maximum absolute atomic E-state index is 13.8. The summed E-state index contributed by atoms with van der Waals surface area (Å²) in [6.07, 6.45) is -6.89. The Kier molecular flexibility index (Phi) is 12.1. The number of nitrogens with zero attached hydrogens (tertiary/aromatic N) is 1. The average molecular weight is 694 g/mol. The quantitative estimate of drug-likeness (QED) is 0.242. The molecule has 0 saturated carbocycles. The molecule has 2 aliphatic heterocycles. The second-order valence-corrected chi connectivity index (χ2v) is 12.1. The van der Waals surface area contributed by atoms with Crippen LogP contribution in [0.2, 0.25) is 0 Å². The Morgan fingerprint density at radius 2 is 1.76 bits per heavy atom. The lowest BCUT2D eigenvalue weighted by atomic mass is 9.54. The lowest BCUT2D eigenvalue weighted by Gasteiger charge is -2.58. The molecule has 11 nitrogen and oxygen atoms in total. The molecule has 2 N–H and O–H groups in total. The highest BCUT2D eigenvalue weighted by Gasteiger charge is 2.69. The fourth-order valence-electron chi connectivity index (χ4n) is 6.76. The number of carbonyl (C=O) groups is 4. The highest BCUT2D eigenvalue weighted by Crippen LogP contribution is 2.61. The number of piperidine rings is 1. The van der Waals surface area contributed by atoms with Crippen LogP contribution in [0.3, 0.4) is 0 Å². The first kappa shape index (κ1) is 39.2. The Hall–Kier alpha value is -4.27. The number of rotatable bonds is 7. The maximum Gasteiger partial charge on any atom is 0.446 e. The highest BCUT2D eigenvalue weighted by molar-refractivity contribution is 5.84. The zero-order valence-electron chi connectivity index (χ0n) is 27.1. The molecule has 0 amide bonds. The van der Waals surface area contributed by atoms with E-state index in [0.717, 1.165) is 11.1 Å². The van der Waals surface area contributed by atoms with Gasteiger partial charge in [-0.25, -0.2) is 9.59 Å². The number of hydrogen-bond donors (Lipinski definition) is 2. The van der Waals surface area contributed by atoms with Gasteiger partial charge in [-0.1, -0.05) is 49.9 Å². The van der Waals surface area contributed by atoms with Crippen molar-refractivity contribution in [1.82, 2.24) is 4.90 Å². The van der Waals surface area contributed by atoms with Crippen LogP contribution in [0, 0.1) is 6.92 Å². The van der Waals surface area contributed by atoms with Gasteiger partial charge in [0.25, 0.3) is 0 Å². The van der Waals surface area contributed by atoms with Crippen LogP contribution in [0.15, 0.2) is 54.3 Å². The largest absolute Gasteiger partial charge is 0.481 e. The van der Waals surface area contributed by atoms with E-state index in [-0.39, 0.29) is 32.3 Å². The number of esters is 3. The second-order valence-electron chi connectivity index (χ2n) is 12.1. The minimum atomic E-state index is -4.64. The summed E-state index contributed by atoms with van der Waals surface area (Å²) in [5, 5.41) is 22.6. The van der Waals surface area contributed by atoms with Gasteiger partial charge in [-0.2, -0.15) is 13.2 Å². The van der Waals surface area contributed by atoms with E-state index in [4.69, 9.17) is 23.7 Å². The molecule has 2 aromatic carbocycles. The fourth-order valence-corrected chi connectivity index (χ4v) is 6.76. The Bertz CT molecular complexity index is 1580. The lowest BCUT2D eigenvalue weighted by Crippen LogP contribution is -2.71. The van der Waals surface area contributed by atoms with Crippen LogP contribution in [-0.2, 0) is 45.4 Å². The van der Waals surface area contributed by atoms with E-state index in [0.29, 0.717) is 29.8 Å². The van der Waals surface area contributed by atoms with Crippen LogP contribution in [-0.4, -0.2) is 82.9 Å². The Labute approximate surface area is 282 Å². The summed E-state index contributed by atoms with van der Waals surface area (Å²) in [6.45, 7) is 6.85. The van der Waals surface area contributed by atoms with E-state index in [1.54, 1.807) is 42.5 Å². The highest BCUT2D eigenvalue weighted by atomic mass is 19.4. The number of alkyl halides is 3. The molecule has 1 saturated heterocycles. The summed E-state index contributed by atoms with van der Waals surface area (Å²) in [4.78, 5) is 48.8. The van der Waals surface area contributed by atoms with Gasteiger partial charge in [0.2, 0.25) is 12.4 Å². The van der Waals surface area contributed by atoms with Crippen LogP contribution >= 0.6 is 0 Å². The first-order chi connectivity index (χ1) is 22.5. The second kappa shape index (κ2) is 15.1. The number of likely N-dealkylation sites (N-methyl/N-ethyl adjacent to an activating group) is 1. The van der Waals surface area contributed by atoms with Crippen LogP contribution in [0.1, 0.15) is 69.4 Å². The molecule has 6 atom stereocenters. The number of carbonyl (C=O) groups excluding carboxylic acids is 4. The van der Waals surface area contributed by atoms with E-state index >= 15 is 0 Å². The predicted molar refractivity (Wildman–Crippen MR) is 169 cm³/mol. The number of ether oxygens (including phenoxy) is 4. The number of likely N-dealkylation sites (tertiary alicyclic amines) is 1. The molecule has 0 bridgehead atoms. The summed E-state index contributed by atoms with van der Waals surface area (Å²) < 4.78 is 54.3. The minimum absolute atomic E-state index is 0. The minimum Gasteiger partial charge on any atom is -0.481 e. The topological polar surface area (TPSA) is 149 Å². The Balaban J connectivity index is 0.000000853. The van der Waals surface area contributed by atoms with Crippen LogP contribution in [0.5, 0.6) is 5.75 Å². The molecular formula is C35H42F3NO10. The van der Waals surface area contributed by atoms with Gasteiger partial charge in [-0.15, -0.1) is 0 Å². The van der Waals surface area contributed by atoms with Crippen molar-refractivity contribution in [2.75, 3.05) is 13.6 Å². The van der Waals surface area contributed by atoms with Crippen molar-refractivity contribution in [2.45, 2.75) is 96.1 Å². The molecule has 49 heavy (non-hydrogen) atoms. The molecule has 1 spiro atoms. The van der Waals surface area contributed by atoms with Gasteiger partial charge in [0, 0.05) is 36.1 Å². The van der Waals surface area contributed by atoms with Gasteiger partial charge in [0.05, 0.1) is 17.6 Å². The molecule has 3 aliphatic rings. The van der Waals surface area contributed by atoms with E-state index in [2.05, 4.69) is 4.90 Å². The van der Waals surface area contributed by atoms with E-state index in [9.17, 15) is 37.8 Å². The monoisotopic (exact) mass is 693 g/mol. The van der Waals surface area contributed by atoms with Crippen LogP contribution in [0.4, 0.5) is 13.2 Å². The third-order valence-electron chi connectivity index (χ3n) is 9.18. The number of aldehydes is 1. The molecule has 14 heteroatoms. The summed E-state index contributed by atoms with van der Waals surface area (Å²) in [5.41, 5.74) is 0.434. The number of halogens is 3. The number of hydrogen-bond acceptors (Lipinski definition) is 11. The van der Waals surface area contributed by atoms with Crippen LogP contribution < -0.4 is 4.74 Å². The zero-order valence-corrected chi connectivity index (χ0v) is 27.1. The molecule has 0 aromatic heterocycles. The van der Waals surface area contributed by atoms with E-state index in [1.165, 1.54) is 13.8 Å². The summed E-state index contributed by atoms with van der Waals surface area (Å²) in [5.74, 6) is -1.74. The maximum atomic E-state index is 13.8. The van der Waals surface area contributed by atoms with Gasteiger partial charge in [0.15, 0.2) is 12.2 Å². The van der Waals surface area contributed by atoms with Crippen molar-refractivity contribution in [2.24, 2.45) is 0 Å². The third kappa shape index (κ3) is 7.51. The molecule has 0 unspecified atom stereocenters. The number of aryl methyl sites for hydroxylation is 1. The Morgan fingerprint density at radius 3 is 2.33 bits per heavy atom. The van der Waals surface area contributed by atoms with Crippen molar-refractivity contribution in [3.05, 3.63) is 76.6 Å².